The van der Waals surface area contributed by atoms with Gasteiger partial charge in [0.1, 0.15) is 0 Å². The maximum absolute atomic E-state index is 12.9. The molecule has 1 aromatic carbocycles. The molecule has 0 saturated carbocycles. The Labute approximate surface area is 83.5 Å². The first-order valence-corrected chi connectivity index (χ1v) is 3.67. The number of hydrogen-bond acceptors (Lipinski definition) is 1. The molecule has 1 N–H and O–H groups in total. The fourth-order valence-corrected chi connectivity index (χ4v) is 1.40. The van der Waals surface area contributed by atoms with Crippen LogP contribution in [-0.2, 0) is 13.1 Å². The van der Waals surface area contributed by atoms with Gasteiger partial charge in [0.05, 0.1) is 0 Å². The molecule has 0 spiro atoms. The summed E-state index contributed by atoms with van der Waals surface area (Å²) < 4.78 is 51.1. The molecule has 1 aliphatic heterocycles. The smallest absolute Gasteiger partial charge is 0.197 e. The lowest BCUT2D eigenvalue weighted by molar-refractivity contribution is 0.402. The summed E-state index contributed by atoms with van der Waals surface area (Å²) in [7, 11) is 0. The topological polar surface area (TPSA) is 12.0 Å². The van der Waals surface area contributed by atoms with Gasteiger partial charge < -0.3 is 5.32 Å². The van der Waals surface area contributed by atoms with Crippen LogP contribution in [0.5, 0.6) is 0 Å². The first kappa shape index (κ1) is 11.3. The molecule has 1 aromatic rings. The van der Waals surface area contributed by atoms with Gasteiger partial charge in [-0.1, -0.05) is 0 Å². The number of hydrogen-bond donors (Lipinski definition) is 1. The summed E-state index contributed by atoms with van der Waals surface area (Å²) in [5.74, 6) is -6.06. The summed E-state index contributed by atoms with van der Waals surface area (Å²) in [6.07, 6.45) is 0. The minimum Gasteiger partial charge on any atom is -0.308 e. The van der Waals surface area contributed by atoms with Crippen molar-refractivity contribution in [1.29, 1.82) is 0 Å². The van der Waals surface area contributed by atoms with Crippen LogP contribution in [0, 0.1) is 23.3 Å². The first-order valence-electron chi connectivity index (χ1n) is 3.67. The average Bonchev–Trinajstić information content (AvgIpc) is 2.59. The molecule has 0 amide bonds. The van der Waals surface area contributed by atoms with Crippen LogP contribution in [0.15, 0.2) is 0 Å². The van der Waals surface area contributed by atoms with Gasteiger partial charge in [-0.25, -0.2) is 17.6 Å². The molecule has 0 aromatic heterocycles. The summed E-state index contributed by atoms with van der Waals surface area (Å²) in [4.78, 5) is 0. The van der Waals surface area contributed by atoms with Crippen LogP contribution < -0.4 is 5.32 Å². The Balaban J connectivity index is 0.000000980. The standard InChI is InChI=1S/C8H5F4N.ClH/c9-5-3-1-13-2-4(3)6(10)8(12)7(5)11;/h13H,1-2H2;1H. The molecule has 14 heavy (non-hydrogen) atoms. The van der Waals surface area contributed by atoms with Gasteiger partial charge in [-0.15, -0.1) is 12.4 Å². The molecule has 0 unspecified atom stereocenters. The fourth-order valence-electron chi connectivity index (χ4n) is 1.40. The van der Waals surface area contributed by atoms with Gasteiger partial charge >= 0.3 is 0 Å². The third-order valence-electron chi connectivity index (χ3n) is 2.08. The normalized spacial score (nSPS) is 13.7. The quantitative estimate of drug-likeness (QED) is 0.407. The minimum atomic E-state index is -1.74. The van der Waals surface area contributed by atoms with Crippen molar-refractivity contribution in [3.63, 3.8) is 0 Å². The molecule has 1 nitrogen and oxygen atoms in total. The highest BCUT2D eigenvalue weighted by molar-refractivity contribution is 5.85. The van der Waals surface area contributed by atoms with Crippen molar-refractivity contribution in [1.82, 2.24) is 5.32 Å². The van der Waals surface area contributed by atoms with E-state index in [2.05, 4.69) is 5.32 Å². The van der Waals surface area contributed by atoms with Crippen LogP contribution in [0.4, 0.5) is 17.6 Å². The molecule has 0 radical (unpaired) electrons. The second kappa shape index (κ2) is 3.74. The van der Waals surface area contributed by atoms with E-state index >= 15 is 0 Å². The Morgan fingerprint density at radius 1 is 0.714 bits per heavy atom. The fraction of sp³-hybridized carbons (Fsp3) is 0.250. The van der Waals surface area contributed by atoms with E-state index < -0.39 is 23.3 Å². The van der Waals surface area contributed by atoms with Crippen LogP contribution in [0.2, 0.25) is 0 Å². The molecular weight excluding hydrogens is 222 g/mol. The molecule has 0 fully saturated rings. The lowest BCUT2D eigenvalue weighted by atomic mass is 10.1. The number of nitrogens with one attached hydrogen (secondary N) is 1. The second-order valence-corrected chi connectivity index (χ2v) is 2.82. The second-order valence-electron chi connectivity index (χ2n) is 2.82. The molecule has 0 bridgehead atoms. The van der Waals surface area contributed by atoms with Crippen LogP contribution in [0.1, 0.15) is 11.1 Å². The minimum absolute atomic E-state index is 0. The molecule has 2 rings (SSSR count). The van der Waals surface area contributed by atoms with Crippen molar-refractivity contribution in [2.24, 2.45) is 0 Å². The predicted octanol–water partition coefficient (Wildman–Crippen LogP) is 2.27. The van der Waals surface area contributed by atoms with Gasteiger partial charge in [-0.05, 0) is 0 Å². The van der Waals surface area contributed by atoms with E-state index in [4.69, 9.17) is 0 Å². The molecule has 1 heterocycles. The Kier molecular flexibility index (Phi) is 3.01. The van der Waals surface area contributed by atoms with Crippen molar-refractivity contribution >= 4 is 12.4 Å². The highest BCUT2D eigenvalue weighted by Crippen LogP contribution is 2.26. The number of halogens is 5. The number of rotatable bonds is 0. The first-order chi connectivity index (χ1) is 6.13. The highest BCUT2D eigenvalue weighted by atomic mass is 35.5. The van der Waals surface area contributed by atoms with Gasteiger partial charge in [-0.3, -0.25) is 0 Å². The predicted molar refractivity (Wildman–Crippen MR) is 44.1 cm³/mol. The van der Waals surface area contributed by atoms with Gasteiger partial charge in [0.2, 0.25) is 0 Å². The molecule has 78 valence electrons. The third-order valence-corrected chi connectivity index (χ3v) is 2.08. The molecular formula is C8H6ClF4N. The lowest BCUT2D eigenvalue weighted by Crippen LogP contribution is -2.03. The molecule has 0 aliphatic carbocycles. The maximum Gasteiger partial charge on any atom is 0.197 e. The van der Waals surface area contributed by atoms with E-state index in [1.807, 2.05) is 0 Å². The van der Waals surface area contributed by atoms with Crippen molar-refractivity contribution < 1.29 is 17.6 Å². The van der Waals surface area contributed by atoms with Crippen LogP contribution >= 0.6 is 12.4 Å². The molecule has 1 aliphatic rings. The largest absolute Gasteiger partial charge is 0.308 e. The van der Waals surface area contributed by atoms with E-state index in [0.29, 0.717) is 0 Å². The van der Waals surface area contributed by atoms with E-state index in [-0.39, 0.29) is 36.6 Å². The summed E-state index contributed by atoms with van der Waals surface area (Å²) in [6.45, 7) is 0.0740. The highest BCUT2D eigenvalue weighted by Gasteiger charge is 2.27. The van der Waals surface area contributed by atoms with Crippen molar-refractivity contribution in [2.45, 2.75) is 13.1 Å². The van der Waals surface area contributed by atoms with Crippen molar-refractivity contribution in [3.8, 4) is 0 Å². The van der Waals surface area contributed by atoms with Crippen LogP contribution in [0.3, 0.4) is 0 Å². The Morgan fingerprint density at radius 2 is 1.07 bits per heavy atom. The Hall–Kier alpha value is -0.810. The number of fused-ring (bicyclic) bond motifs is 1. The summed E-state index contributed by atoms with van der Waals surface area (Å²) in [5.41, 5.74) is -0.229. The zero-order chi connectivity index (χ0) is 9.59. The number of benzene rings is 1. The van der Waals surface area contributed by atoms with E-state index in [0.717, 1.165) is 0 Å². The van der Waals surface area contributed by atoms with Crippen LogP contribution in [0.25, 0.3) is 0 Å². The van der Waals surface area contributed by atoms with E-state index in [9.17, 15) is 17.6 Å². The summed E-state index contributed by atoms with van der Waals surface area (Å²) in [5, 5.41) is 2.61. The van der Waals surface area contributed by atoms with E-state index in [1.165, 1.54) is 0 Å². The SMILES string of the molecule is Cl.Fc1c(F)c(F)c2c(c1F)CNC2. The Morgan fingerprint density at radius 3 is 1.43 bits per heavy atom. The zero-order valence-corrected chi connectivity index (χ0v) is 7.65. The van der Waals surface area contributed by atoms with Gasteiger partial charge in [0, 0.05) is 24.2 Å². The third kappa shape index (κ3) is 1.36. The molecule has 6 heteroatoms. The van der Waals surface area contributed by atoms with Gasteiger partial charge in [0.25, 0.3) is 0 Å². The zero-order valence-electron chi connectivity index (χ0n) is 6.83. The monoisotopic (exact) mass is 227 g/mol. The van der Waals surface area contributed by atoms with Crippen molar-refractivity contribution in [2.75, 3.05) is 0 Å². The molecule has 0 atom stereocenters. The van der Waals surface area contributed by atoms with E-state index in [1.54, 1.807) is 0 Å². The van der Waals surface area contributed by atoms with Gasteiger partial charge in [-0.2, -0.15) is 0 Å². The average molecular weight is 228 g/mol. The maximum atomic E-state index is 12.9. The Bertz CT molecular complexity index is 345. The van der Waals surface area contributed by atoms with Crippen LogP contribution in [-0.4, -0.2) is 0 Å². The summed E-state index contributed by atoms with van der Waals surface area (Å²) in [6, 6.07) is 0. The van der Waals surface area contributed by atoms with Crippen molar-refractivity contribution in [3.05, 3.63) is 34.4 Å². The lowest BCUT2D eigenvalue weighted by Gasteiger charge is -2.03. The summed E-state index contributed by atoms with van der Waals surface area (Å²) >= 11 is 0. The van der Waals surface area contributed by atoms with Gasteiger partial charge in [0.15, 0.2) is 23.3 Å². The molecule has 0 saturated heterocycles.